The third kappa shape index (κ3) is 7.53. The molecule has 0 spiro atoms. The predicted molar refractivity (Wildman–Crippen MR) is 167 cm³/mol. The van der Waals surface area contributed by atoms with E-state index in [4.69, 9.17) is 28.7 Å². The summed E-state index contributed by atoms with van der Waals surface area (Å²) in [5, 5.41) is 3.99. The summed E-state index contributed by atoms with van der Waals surface area (Å²) in [4.78, 5) is 18.0. The Kier molecular flexibility index (Phi) is 9.87. The molecule has 1 amide bonds. The minimum atomic E-state index is -1.22. The van der Waals surface area contributed by atoms with Gasteiger partial charge < -0.3 is 33.6 Å². The van der Waals surface area contributed by atoms with Crippen molar-refractivity contribution in [3.63, 3.8) is 0 Å². The average Bonchev–Trinajstić information content (AvgIpc) is 3.68. The molecule has 1 saturated carbocycles. The average molecular weight is 596 g/mol. The van der Waals surface area contributed by atoms with Gasteiger partial charge in [0.1, 0.15) is 29.7 Å². The number of carbonyl (C=O) groups excluding carboxylic acids is 1. The van der Waals surface area contributed by atoms with Crippen LogP contribution in [0.4, 0.5) is 5.82 Å². The normalized spacial score (nSPS) is 20.5. The van der Waals surface area contributed by atoms with Gasteiger partial charge in [0, 0.05) is 44.4 Å². The van der Waals surface area contributed by atoms with Crippen LogP contribution in [0.3, 0.4) is 0 Å². The molecular formula is C32H45N3O6Si. The van der Waals surface area contributed by atoms with Crippen LogP contribution in [0.5, 0.6) is 11.5 Å². The summed E-state index contributed by atoms with van der Waals surface area (Å²) in [6, 6.07) is 10.7. The van der Waals surface area contributed by atoms with Crippen LogP contribution >= 0.6 is 0 Å². The molecule has 5 rings (SSSR count). The largest absolute Gasteiger partial charge is 0.496 e. The van der Waals surface area contributed by atoms with Crippen LogP contribution in [0, 0.1) is 11.8 Å². The minimum Gasteiger partial charge on any atom is -0.496 e. The van der Waals surface area contributed by atoms with Gasteiger partial charge in [0.15, 0.2) is 6.29 Å². The lowest BCUT2D eigenvalue weighted by molar-refractivity contribution is -0.163. The molecule has 0 bridgehead atoms. The van der Waals surface area contributed by atoms with Crippen LogP contribution in [-0.4, -0.2) is 63.9 Å². The Morgan fingerprint density at radius 3 is 2.57 bits per heavy atom. The second-order valence-electron chi connectivity index (χ2n) is 12.5. The number of benzene rings is 1. The lowest BCUT2D eigenvalue weighted by Crippen LogP contribution is -2.23. The monoisotopic (exact) mass is 595 g/mol. The highest BCUT2D eigenvalue weighted by Gasteiger charge is 2.42. The number of rotatable bonds is 14. The Labute approximate surface area is 249 Å². The summed E-state index contributed by atoms with van der Waals surface area (Å²) < 4.78 is 31.1. The van der Waals surface area contributed by atoms with Gasteiger partial charge in [0.05, 0.1) is 26.4 Å². The first-order chi connectivity index (χ1) is 20.3. The van der Waals surface area contributed by atoms with Crippen molar-refractivity contribution in [1.82, 2.24) is 9.55 Å². The molecule has 10 heteroatoms. The molecular weight excluding hydrogens is 550 g/mol. The van der Waals surface area contributed by atoms with Gasteiger partial charge in [-0.05, 0) is 68.3 Å². The Balaban J connectivity index is 1.31. The van der Waals surface area contributed by atoms with Crippen molar-refractivity contribution < 1.29 is 28.5 Å². The van der Waals surface area contributed by atoms with E-state index in [9.17, 15) is 4.79 Å². The zero-order valence-electron chi connectivity index (χ0n) is 25.6. The van der Waals surface area contributed by atoms with Gasteiger partial charge in [-0.15, -0.1) is 0 Å². The zero-order chi connectivity index (χ0) is 29.7. The molecule has 1 aliphatic carbocycles. The van der Waals surface area contributed by atoms with E-state index in [-0.39, 0.29) is 18.1 Å². The van der Waals surface area contributed by atoms with Crippen molar-refractivity contribution in [3.05, 3.63) is 36.5 Å². The lowest BCUT2D eigenvalue weighted by Gasteiger charge is -2.22. The zero-order valence-corrected chi connectivity index (χ0v) is 26.6. The number of anilines is 1. The lowest BCUT2D eigenvalue weighted by atomic mass is 10.0. The number of nitrogens with one attached hydrogen (secondary N) is 1. The van der Waals surface area contributed by atoms with Gasteiger partial charge in [0.2, 0.25) is 5.91 Å². The molecule has 2 fully saturated rings. The summed E-state index contributed by atoms with van der Waals surface area (Å²) in [6.45, 7) is 9.48. The summed E-state index contributed by atoms with van der Waals surface area (Å²) in [7, 11) is 2.09. The number of fused-ring (bicyclic) bond motifs is 1. The number of methoxy groups -OCH3 is 2. The molecule has 2 aromatic heterocycles. The molecule has 3 atom stereocenters. The van der Waals surface area contributed by atoms with E-state index in [2.05, 4.69) is 25.0 Å². The van der Waals surface area contributed by atoms with Crippen molar-refractivity contribution >= 4 is 30.8 Å². The van der Waals surface area contributed by atoms with Crippen molar-refractivity contribution in [2.45, 2.75) is 70.8 Å². The number of carbonyl (C=O) groups is 1. The highest BCUT2D eigenvalue weighted by molar-refractivity contribution is 6.76. The van der Waals surface area contributed by atoms with E-state index in [1.54, 1.807) is 14.2 Å². The highest BCUT2D eigenvalue weighted by atomic mass is 28.3. The van der Waals surface area contributed by atoms with E-state index < -0.39 is 8.07 Å². The summed E-state index contributed by atoms with van der Waals surface area (Å²) in [6.07, 6.45) is 6.91. The third-order valence-corrected chi connectivity index (χ3v) is 9.79. The van der Waals surface area contributed by atoms with Crippen LogP contribution in [-0.2, 0) is 25.7 Å². The fraction of sp³-hybridized carbons (Fsp3) is 0.562. The number of nitrogens with zero attached hydrogens (tertiary/aromatic N) is 2. The number of hydrogen-bond acceptors (Lipinski definition) is 7. The maximum atomic E-state index is 13.1. The quantitative estimate of drug-likeness (QED) is 0.167. The third-order valence-electron chi connectivity index (χ3n) is 8.09. The van der Waals surface area contributed by atoms with Crippen molar-refractivity contribution in [2.24, 2.45) is 11.8 Å². The van der Waals surface area contributed by atoms with Crippen LogP contribution in [0.15, 0.2) is 36.5 Å². The van der Waals surface area contributed by atoms with Gasteiger partial charge in [-0.1, -0.05) is 25.7 Å². The smallest absolute Gasteiger partial charge is 0.228 e. The Morgan fingerprint density at radius 2 is 1.88 bits per heavy atom. The molecule has 1 aromatic carbocycles. The molecule has 1 saturated heterocycles. The molecule has 9 nitrogen and oxygen atoms in total. The van der Waals surface area contributed by atoms with E-state index in [0.29, 0.717) is 43.2 Å². The summed E-state index contributed by atoms with van der Waals surface area (Å²) in [5.41, 5.74) is 2.52. The molecule has 1 unspecified atom stereocenters. The first-order valence-corrected chi connectivity index (χ1v) is 18.8. The van der Waals surface area contributed by atoms with E-state index in [1.807, 2.05) is 41.1 Å². The van der Waals surface area contributed by atoms with Crippen molar-refractivity contribution in [2.75, 3.05) is 39.4 Å². The number of hydrogen-bond donors (Lipinski definition) is 1. The topological polar surface area (TPSA) is 93.1 Å². The Morgan fingerprint density at radius 1 is 1.10 bits per heavy atom. The highest BCUT2D eigenvalue weighted by Crippen LogP contribution is 2.44. The molecule has 0 radical (unpaired) electrons. The van der Waals surface area contributed by atoms with E-state index >= 15 is 0 Å². The van der Waals surface area contributed by atoms with Crippen LogP contribution in [0.2, 0.25) is 25.7 Å². The number of pyridine rings is 1. The maximum Gasteiger partial charge on any atom is 0.228 e. The molecule has 42 heavy (non-hydrogen) atoms. The number of ether oxygens (including phenoxy) is 5. The van der Waals surface area contributed by atoms with Crippen molar-refractivity contribution in [1.29, 1.82) is 0 Å². The second-order valence-corrected chi connectivity index (χ2v) is 18.1. The van der Waals surface area contributed by atoms with E-state index in [1.165, 1.54) is 0 Å². The molecule has 2 aliphatic rings. The van der Waals surface area contributed by atoms with Crippen LogP contribution < -0.4 is 14.8 Å². The first-order valence-electron chi connectivity index (χ1n) is 15.1. The molecule has 3 heterocycles. The molecule has 3 aromatic rings. The van der Waals surface area contributed by atoms with Gasteiger partial charge in [-0.25, -0.2) is 4.98 Å². The fourth-order valence-electron chi connectivity index (χ4n) is 5.49. The number of aromatic nitrogens is 2. The van der Waals surface area contributed by atoms with Gasteiger partial charge >= 0.3 is 0 Å². The van der Waals surface area contributed by atoms with Gasteiger partial charge in [-0.3, -0.25) is 4.79 Å². The maximum absolute atomic E-state index is 13.1. The number of amides is 1. The molecule has 228 valence electrons. The minimum absolute atomic E-state index is 0.0107. The van der Waals surface area contributed by atoms with Crippen LogP contribution in [0.25, 0.3) is 22.2 Å². The predicted octanol–water partition coefficient (Wildman–Crippen LogP) is 6.54. The Hall–Kier alpha value is -2.92. The Bertz CT molecular complexity index is 1340. The van der Waals surface area contributed by atoms with Gasteiger partial charge in [0.25, 0.3) is 0 Å². The standard InChI is InChI=1S/C32H45N3O6Si/c1-37-26-9-8-10-27(38-2)30(26)25-20-35(21-39-17-18-42(3,4)5)31-23(25)12-13-28(33-31)34-32(36)24-19-22(24)14-16-41-29-11-6-7-15-40-29/h8-10,12-13,20,22,24,29H,6-7,11,14-19,21H2,1-5H3,(H,33,34,36)/t22-,24-,29?/m1/s1. The fourth-order valence-corrected chi connectivity index (χ4v) is 6.25. The van der Waals surface area contributed by atoms with Crippen LogP contribution in [0.1, 0.15) is 32.1 Å². The van der Waals surface area contributed by atoms with Gasteiger partial charge in [-0.2, -0.15) is 0 Å². The first kappa shape index (κ1) is 30.5. The summed E-state index contributed by atoms with van der Waals surface area (Å²) in [5.74, 6) is 2.30. The second kappa shape index (κ2) is 13.6. The molecule has 1 N–H and O–H groups in total. The SMILES string of the molecule is COc1cccc(OC)c1-c1cn(COCC[Si](C)(C)C)c2nc(NC(=O)[C@@H]3C[C@H]3CCOC3CCCCO3)ccc12. The summed E-state index contributed by atoms with van der Waals surface area (Å²) >= 11 is 0. The molecule has 1 aliphatic heterocycles. The van der Waals surface area contributed by atoms with E-state index in [0.717, 1.165) is 66.9 Å². The van der Waals surface area contributed by atoms with Crippen molar-refractivity contribution in [3.8, 4) is 22.6 Å².